The minimum absolute atomic E-state index is 0.310. The fourth-order valence-electron chi connectivity index (χ4n) is 2.99. The van der Waals surface area contributed by atoms with Crippen molar-refractivity contribution in [1.29, 1.82) is 0 Å². The van der Waals surface area contributed by atoms with E-state index in [1.54, 1.807) is 30.2 Å². The maximum absolute atomic E-state index is 12.3. The number of halogens is 1. The standard InChI is InChI=1S/C18H22ClN5O2S/c1-23(27-16-9-7-15(19)8-10-16)18(25)26-22-17(11-24-13-20-12-21-24)14-5-3-2-4-6-14/h7-10,12-14H,2-6,11H2,1H3. The van der Waals surface area contributed by atoms with Crippen molar-refractivity contribution in [3.63, 3.8) is 0 Å². The SMILES string of the molecule is CN(Sc1ccc(Cl)cc1)C(=O)ON=C(Cn1cncn1)C1CCCCC1. The minimum Gasteiger partial charge on any atom is -0.297 e. The van der Waals surface area contributed by atoms with Crippen LogP contribution in [0.3, 0.4) is 0 Å². The molecule has 0 spiro atoms. The summed E-state index contributed by atoms with van der Waals surface area (Å²) in [7, 11) is 1.65. The molecule has 2 aromatic rings. The fraction of sp³-hybridized carbons (Fsp3) is 0.444. The van der Waals surface area contributed by atoms with Gasteiger partial charge in [-0.1, -0.05) is 36.0 Å². The smallest absolute Gasteiger partial charge is 0.297 e. The van der Waals surface area contributed by atoms with E-state index in [0.717, 1.165) is 23.4 Å². The number of oxime groups is 1. The van der Waals surface area contributed by atoms with E-state index in [1.807, 2.05) is 12.1 Å². The average molecular weight is 408 g/mol. The van der Waals surface area contributed by atoms with E-state index in [1.165, 1.54) is 41.8 Å². The zero-order chi connectivity index (χ0) is 19.1. The highest BCUT2D eigenvalue weighted by Crippen LogP contribution is 2.26. The Morgan fingerprint density at radius 1 is 1.33 bits per heavy atom. The number of hydrogen-bond acceptors (Lipinski definition) is 6. The van der Waals surface area contributed by atoms with Crippen LogP contribution >= 0.6 is 23.5 Å². The molecule has 0 atom stereocenters. The molecule has 1 amide bonds. The molecule has 1 fully saturated rings. The lowest BCUT2D eigenvalue weighted by atomic mass is 9.86. The third-order valence-corrected chi connectivity index (χ3v) is 5.58. The van der Waals surface area contributed by atoms with Crippen LogP contribution < -0.4 is 0 Å². The van der Waals surface area contributed by atoms with Gasteiger partial charge in [0.05, 0.1) is 12.3 Å². The Bertz CT molecular complexity index is 761. The molecule has 0 bridgehead atoms. The Morgan fingerprint density at radius 3 is 2.74 bits per heavy atom. The van der Waals surface area contributed by atoms with E-state index < -0.39 is 6.09 Å². The second-order valence-corrected chi connectivity index (χ2v) is 8.05. The van der Waals surface area contributed by atoms with Crippen molar-refractivity contribution in [2.24, 2.45) is 11.1 Å². The maximum atomic E-state index is 12.3. The van der Waals surface area contributed by atoms with Gasteiger partial charge in [-0.15, -0.1) is 0 Å². The molecule has 1 heterocycles. The van der Waals surface area contributed by atoms with Gasteiger partial charge in [-0.05, 0) is 49.1 Å². The van der Waals surface area contributed by atoms with Crippen molar-refractivity contribution in [1.82, 2.24) is 19.1 Å². The molecule has 1 aliphatic carbocycles. The topological polar surface area (TPSA) is 72.6 Å². The van der Waals surface area contributed by atoms with E-state index in [0.29, 0.717) is 17.5 Å². The van der Waals surface area contributed by atoms with Crippen LogP contribution in [0, 0.1) is 5.92 Å². The summed E-state index contributed by atoms with van der Waals surface area (Å²) in [5.74, 6) is 0.310. The van der Waals surface area contributed by atoms with Crippen LogP contribution in [0.25, 0.3) is 0 Å². The number of amides is 1. The van der Waals surface area contributed by atoms with Crippen LogP contribution in [0.1, 0.15) is 32.1 Å². The third-order valence-electron chi connectivity index (χ3n) is 4.42. The molecule has 3 rings (SSSR count). The predicted octanol–water partition coefficient (Wildman–Crippen LogP) is 4.64. The van der Waals surface area contributed by atoms with Gasteiger partial charge in [0.25, 0.3) is 0 Å². The Morgan fingerprint density at radius 2 is 2.07 bits per heavy atom. The second-order valence-electron chi connectivity index (χ2n) is 6.41. The number of rotatable bonds is 6. The molecule has 1 aliphatic rings. The first-order chi connectivity index (χ1) is 13.1. The predicted molar refractivity (Wildman–Crippen MR) is 106 cm³/mol. The molecule has 0 radical (unpaired) electrons. The molecule has 0 unspecified atom stereocenters. The quantitative estimate of drug-likeness (QED) is 0.302. The van der Waals surface area contributed by atoms with Crippen molar-refractivity contribution >= 4 is 35.4 Å². The molecule has 1 aromatic heterocycles. The van der Waals surface area contributed by atoms with Crippen LogP contribution in [0.5, 0.6) is 0 Å². The molecule has 1 saturated carbocycles. The van der Waals surface area contributed by atoms with Crippen LogP contribution in [-0.4, -0.2) is 37.9 Å². The number of aromatic nitrogens is 3. The minimum atomic E-state index is -0.526. The first-order valence-electron chi connectivity index (χ1n) is 8.89. The summed E-state index contributed by atoms with van der Waals surface area (Å²) in [6.07, 6.45) is 8.29. The number of carbonyl (C=O) groups excluding carboxylic acids is 1. The molecule has 0 saturated heterocycles. The van der Waals surface area contributed by atoms with Gasteiger partial charge < -0.3 is 0 Å². The normalized spacial score (nSPS) is 15.6. The highest BCUT2D eigenvalue weighted by molar-refractivity contribution is 7.97. The molecule has 27 heavy (non-hydrogen) atoms. The van der Waals surface area contributed by atoms with Gasteiger partial charge in [0.15, 0.2) is 0 Å². The van der Waals surface area contributed by atoms with Crippen LogP contribution in [0.15, 0.2) is 47.0 Å². The molecular formula is C18H22ClN5O2S. The summed E-state index contributed by atoms with van der Waals surface area (Å²) < 4.78 is 3.11. The van der Waals surface area contributed by atoms with Gasteiger partial charge in [-0.2, -0.15) is 5.10 Å². The van der Waals surface area contributed by atoms with Crippen LogP contribution in [0.4, 0.5) is 4.79 Å². The van der Waals surface area contributed by atoms with Crippen molar-refractivity contribution in [2.45, 2.75) is 43.5 Å². The Labute approximate surface area is 167 Å². The van der Waals surface area contributed by atoms with E-state index in [2.05, 4.69) is 15.2 Å². The number of benzene rings is 1. The number of carbonyl (C=O) groups is 1. The monoisotopic (exact) mass is 407 g/mol. The van der Waals surface area contributed by atoms with E-state index in [4.69, 9.17) is 16.4 Å². The molecular weight excluding hydrogens is 386 g/mol. The second kappa shape index (κ2) is 9.75. The average Bonchev–Trinajstić information content (AvgIpc) is 3.20. The lowest BCUT2D eigenvalue weighted by molar-refractivity contribution is 0.135. The van der Waals surface area contributed by atoms with Crippen LogP contribution in [-0.2, 0) is 11.4 Å². The zero-order valence-corrected chi connectivity index (χ0v) is 16.7. The van der Waals surface area contributed by atoms with Crippen molar-refractivity contribution in [2.75, 3.05) is 7.05 Å². The maximum Gasteiger partial charge on any atom is 0.446 e. The van der Waals surface area contributed by atoms with Gasteiger partial charge in [0.2, 0.25) is 0 Å². The third kappa shape index (κ3) is 5.97. The van der Waals surface area contributed by atoms with Gasteiger partial charge >= 0.3 is 6.09 Å². The first-order valence-corrected chi connectivity index (χ1v) is 10.0. The molecule has 0 N–H and O–H groups in total. The van der Waals surface area contributed by atoms with Gasteiger partial charge in [-0.3, -0.25) is 4.84 Å². The van der Waals surface area contributed by atoms with Crippen molar-refractivity contribution in [3.8, 4) is 0 Å². The van der Waals surface area contributed by atoms with Gasteiger partial charge in [0, 0.05) is 22.9 Å². The van der Waals surface area contributed by atoms with E-state index >= 15 is 0 Å². The number of nitrogens with zero attached hydrogens (tertiary/aromatic N) is 5. The molecule has 9 heteroatoms. The highest BCUT2D eigenvalue weighted by Gasteiger charge is 2.22. The first kappa shape index (κ1) is 19.7. The summed E-state index contributed by atoms with van der Waals surface area (Å²) in [6.45, 7) is 0.478. The fourth-order valence-corrected chi connectivity index (χ4v) is 3.80. The van der Waals surface area contributed by atoms with E-state index in [9.17, 15) is 4.79 Å². The molecule has 0 aliphatic heterocycles. The molecule has 7 nitrogen and oxygen atoms in total. The van der Waals surface area contributed by atoms with Crippen molar-refractivity contribution < 1.29 is 9.63 Å². The molecule has 1 aromatic carbocycles. The lowest BCUT2D eigenvalue weighted by Crippen LogP contribution is -2.25. The van der Waals surface area contributed by atoms with Crippen LogP contribution in [0.2, 0.25) is 5.02 Å². The summed E-state index contributed by atoms with van der Waals surface area (Å²) in [6, 6.07) is 7.25. The summed E-state index contributed by atoms with van der Waals surface area (Å²) in [4.78, 5) is 22.4. The largest absolute Gasteiger partial charge is 0.446 e. The lowest BCUT2D eigenvalue weighted by Gasteiger charge is -2.23. The van der Waals surface area contributed by atoms with E-state index in [-0.39, 0.29) is 0 Å². The molecule has 144 valence electrons. The highest BCUT2D eigenvalue weighted by atomic mass is 35.5. The van der Waals surface area contributed by atoms with Crippen molar-refractivity contribution in [3.05, 3.63) is 41.9 Å². The zero-order valence-electron chi connectivity index (χ0n) is 15.1. The van der Waals surface area contributed by atoms with Gasteiger partial charge in [0.1, 0.15) is 12.7 Å². The summed E-state index contributed by atoms with van der Waals surface area (Å²) in [5.41, 5.74) is 0.832. The Hall–Kier alpha value is -2.06. The van der Waals surface area contributed by atoms with Gasteiger partial charge in [-0.25, -0.2) is 18.8 Å². The Balaban J connectivity index is 1.62. The Kier molecular flexibility index (Phi) is 7.11. The summed E-state index contributed by atoms with van der Waals surface area (Å²) >= 11 is 7.14. The number of hydrogen-bond donors (Lipinski definition) is 0. The summed E-state index contributed by atoms with van der Waals surface area (Å²) in [5, 5.41) is 8.99.